The number of urea groups is 2. The van der Waals surface area contributed by atoms with Crippen molar-refractivity contribution in [3.63, 3.8) is 0 Å². The number of rotatable bonds is 7. The first kappa shape index (κ1) is 16.1. The number of amides is 4. The lowest BCUT2D eigenvalue weighted by Crippen LogP contribution is -2.38. The molecule has 0 saturated heterocycles. The summed E-state index contributed by atoms with van der Waals surface area (Å²) in [6.07, 6.45) is 0. The van der Waals surface area contributed by atoms with E-state index in [-0.39, 0.29) is 13.1 Å². The smallest absolute Gasteiger partial charge is 0.341 e. The third-order valence-corrected chi connectivity index (χ3v) is 2.16. The van der Waals surface area contributed by atoms with Gasteiger partial charge in [-0.15, -0.1) is 0 Å². The first-order chi connectivity index (χ1) is 9.97. The third-order valence-electron chi connectivity index (χ3n) is 2.16. The van der Waals surface area contributed by atoms with Crippen LogP contribution in [0.25, 0.3) is 0 Å². The number of hydrogen-bond donors (Lipinski definition) is 5. The monoisotopic (exact) mass is 296 g/mol. The molecule has 0 atom stereocenters. The number of ether oxygens (including phenoxy) is 1. The van der Waals surface area contributed by atoms with Gasteiger partial charge in [-0.2, -0.15) is 0 Å². The summed E-state index contributed by atoms with van der Waals surface area (Å²) >= 11 is 0. The molecule has 1 aromatic rings. The topological polar surface area (TPSA) is 143 Å². The molecule has 0 aliphatic carbocycles. The summed E-state index contributed by atoms with van der Waals surface area (Å²) in [5.74, 6) is -0.765. The molecule has 1 rings (SSSR count). The van der Waals surface area contributed by atoms with Gasteiger partial charge in [0, 0.05) is 24.8 Å². The molecule has 0 radical (unpaired) electrons. The third kappa shape index (κ3) is 7.25. The molecule has 6 N–H and O–H groups in total. The van der Waals surface area contributed by atoms with Gasteiger partial charge in [-0.3, -0.25) is 0 Å². The first-order valence-corrected chi connectivity index (χ1v) is 6.00. The molecule has 0 saturated carbocycles. The maximum Gasteiger partial charge on any atom is 0.341 e. The van der Waals surface area contributed by atoms with E-state index in [2.05, 4.69) is 16.0 Å². The van der Waals surface area contributed by atoms with E-state index < -0.39 is 24.6 Å². The van der Waals surface area contributed by atoms with Gasteiger partial charge in [-0.05, 0) is 12.1 Å². The van der Waals surface area contributed by atoms with Crippen molar-refractivity contribution in [2.45, 2.75) is 0 Å². The zero-order valence-corrected chi connectivity index (χ0v) is 11.1. The number of carbonyl (C=O) groups is 3. The van der Waals surface area contributed by atoms with Crippen LogP contribution in [0.15, 0.2) is 24.3 Å². The Morgan fingerprint density at radius 3 is 2.57 bits per heavy atom. The second-order valence-electron chi connectivity index (χ2n) is 3.88. The standard InChI is InChI=1S/C12H16N4O5/c13-11(19)14-4-5-15-12(20)16-8-2-1-3-9(6-8)21-7-10(17)18/h1-3,6H,4-5,7H2,(H,17,18)(H3,13,14,19)(H2,15,16,20). The van der Waals surface area contributed by atoms with Crippen molar-refractivity contribution in [1.29, 1.82) is 0 Å². The summed E-state index contributed by atoms with van der Waals surface area (Å²) < 4.78 is 4.98. The van der Waals surface area contributed by atoms with E-state index >= 15 is 0 Å². The van der Waals surface area contributed by atoms with Gasteiger partial charge < -0.3 is 31.5 Å². The van der Waals surface area contributed by atoms with E-state index in [9.17, 15) is 14.4 Å². The summed E-state index contributed by atoms with van der Waals surface area (Å²) in [5.41, 5.74) is 5.31. The van der Waals surface area contributed by atoms with Crippen LogP contribution in [-0.4, -0.2) is 42.8 Å². The Kier molecular flexibility index (Phi) is 6.32. The van der Waals surface area contributed by atoms with E-state index in [1.165, 1.54) is 6.07 Å². The number of carboxylic acids is 1. The van der Waals surface area contributed by atoms with Crippen LogP contribution in [-0.2, 0) is 4.79 Å². The highest BCUT2D eigenvalue weighted by atomic mass is 16.5. The van der Waals surface area contributed by atoms with Crippen molar-refractivity contribution < 1.29 is 24.2 Å². The molecular formula is C12H16N4O5. The first-order valence-electron chi connectivity index (χ1n) is 6.00. The van der Waals surface area contributed by atoms with Crippen molar-refractivity contribution in [1.82, 2.24) is 10.6 Å². The van der Waals surface area contributed by atoms with Gasteiger partial charge in [0.15, 0.2) is 6.61 Å². The largest absolute Gasteiger partial charge is 0.482 e. The molecular weight excluding hydrogens is 280 g/mol. The van der Waals surface area contributed by atoms with E-state index in [0.717, 1.165) is 0 Å². The van der Waals surface area contributed by atoms with E-state index in [1.54, 1.807) is 18.2 Å². The van der Waals surface area contributed by atoms with Crippen LogP contribution in [0.5, 0.6) is 5.75 Å². The Hall–Kier alpha value is -2.97. The normalized spacial score (nSPS) is 9.52. The van der Waals surface area contributed by atoms with Gasteiger partial charge in [0.2, 0.25) is 0 Å². The minimum Gasteiger partial charge on any atom is -0.482 e. The molecule has 1 aromatic carbocycles. The molecule has 0 unspecified atom stereocenters. The van der Waals surface area contributed by atoms with Gasteiger partial charge in [0.1, 0.15) is 5.75 Å². The van der Waals surface area contributed by atoms with Gasteiger partial charge in [0.05, 0.1) is 0 Å². The average molecular weight is 296 g/mol. The number of benzene rings is 1. The highest BCUT2D eigenvalue weighted by molar-refractivity contribution is 5.89. The zero-order valence-electron chi connectivity index (χ0n) is 11.1. The molecule has 0 fully saturated rings. The molecule has 0 aromatic heterocycles. The number of nitrogens with two attached hydrogens (primary N) is 1. The van der Waals surface area contributed by atoms with Crippen LogP contribution < -0.4 is 26.4 Å². The number of carbonyl (C=O) groups excluding carboxylic acids is 2. The summed E-state index contributed by atoms with van der Waals surface area (Å²) in [4.78, 5) is 32.3. The second kappa shape index (κ2) is 8.25. The van der Waals surface area contributed by atoms with Crippen LogP contribution in [0.2, 0.25) is 0 Å². The predicted octanol–water partition coefficient (Wildman–Crippen LogP) is -0.0602. The number of nitrogens with one attached hydrogen (secondary N) is 3. The zero-order chi connectivity index (χ0) is 15.7. The average Bonchev–Trinajstić information content (AvgIpc) is 2.41. The van der Waals surface area contributed by atoms with Crippen molar-refractivity contribution >= 4 is 23.7 Å². The SMILES string of the molecule is NC(=O)NCCNC(=O)Nc1cccc(OCC(=O)O)c1. The molecule has 0 aliphatic rings. The quantitative estimate of drug-likeness (QED) is 0.448. The number of anilines is 1. The number of carboxylic acid groups (broad SMARTS) is 1. The molecule has 0 bridgehead atoms. The lowest BCUT2D eigenvalue weighted by Gasteiger charge is -2.09. The summed E-state index contributed by atoms with van der Waals surface area (Å²) in [5, 5.41) is 15.9. The molecule has 9 heteroatoms. The van der Waals surface area contributed by atoms with Crippen LogP contribution in [0.3, 0.4) is 0 Å². The molecule has 4 amide bonds. The van der Waals surface area contributed by atoms with E-state index in [0.29, 0.717) is 11.4 Å². The fourth-order valence-electron chi connectivity index (χ4n) is 1.35. The van der Waals surface area contributed by atoms with Crippen molar-refractivity contribution in [2.75, 3.05) is 25.0 Å². The molecule has 21 heavy (non-hydrogen) atoms. The molecule has 0 spiro atoms. The van der Waals surface area contributed by atoms with Gasteiger partial charge in [-0.1, -0.05) is 6.07 Å². The van der Waals surface area contributed by atoms with Crippen LogP contribution >= 0.6 is 0 Å². The number of hydrogen-bond acceptors (Lipinski definition) is 4. The van der Waals surface area contributed by atoms with E-state index in [1.807, 2.05) is 0 Å². The van der Waals surface area contributed by atoms with Crippen molar-refractivity contribution in [3.05, 3.63) is 24.3 Å². The number of primary amides is 1. The minimum atomic E-state index is -1.09. The lowest BCUT2D eigenvalue weighted by molar-refractivity contribution is -0.139. The summed E-state index contributed by atoms with van der Waals surface area (Å²) in [6.45, 7) is -0.0388. The van der Waals surface area contributed by atoms with Crippen LogP contribution in [0.4, 0.5) is 15.3 Å². The summed E-state index contributed by atoms with van der Waals surface area (Å²) in [7, 11) is 0. The molecule has 0 aliphatic heterocycles. The molecule has 0 heterocycles. The van der Waals surface area contributed by atoms with Gasteiger partial charge in [0.25, 0.3) is 0 Å². The van der Waals surface area contributed by atoms with Crippen LogP contribution in [0.1, 0.15) is 0 Å². The fourth-order valence-corrected chi connectivity index (χ4v) is 1.35. The fraction of sp³-hybridized carbons (Fsp3) is 0.250. The van der Waals surface area contributed by atoms with Crippen molar-refractivity contribution in [2.24, 2.45) is 5.73 Å². The maximum atomic E-state index is 11.5. The Morgan fingerprint density at radius 1 is 1.19 bits per heavy atom. The molecule has 9 nitrogen and oxygen atoms in total. The van der Waals surface area contributed by atoms with Crippen molar-refractivity contribution in [3.8, 4) is 5.75 Å². The maximum absolute atomic E-state index is 11.5. The molecule has 114 valence electrons. The van der Waals surface area contributed by atoms with E-state index in [4.69, 9.17) is 15.6 Å². The Bertz CT molecular complexity index is 520. The summed E-state index contributed by atoms with van der Waals surface area (Å²) in [6, 6.07) is 5.15. The Labute approximate surface area is 120 Å². The van der Waals surface area contributed by atoms with Gasteiger partial charge >= 0.3 is 18.0 Å². The minimum absolute atomic E-state index is 0.212. The second-order valence-corrected chi connectivity index (χ2v) is 3.88. The lowest BCUT2D eigenvalue weighted by atomic mass is 10.3. The highest BCUT2D eigenvalue weighted by Gasteiger charge is 2.04. The van der Waals surface area contributed by atoms with Gasteiger partial charge in [-0.25, -0.2) is 14.4 Å². The Balaban J connectivity index is 2.39. The van der Waals surface area contributed by atoms with Crippen LogP contribution in [0, 0.1) is 0 Å². The number of aliphatic carboxylic acids is 1. The highest BCUT2D eigenvalue weighted by Crippen LogP contribution is 2.17. The predicted molar refractivity (Wildman–Crippen MR) is 74.2 cm³/mol. The Morgan fingerprint density at radius 2 is 1.90 bits per heavy atom.